The molecule has 1 aliphatic rings. The molecular weight excluding hydrogens is 322 g/mol. The molecule has 120 valence electrons. The largest absolute Gasteiger partial charge is 0.451 e. The van der Waals surface area contributed by atoms with Crippen molar-refractivity contribution < 1.29 is 22.4 Å². The van der Waals surface area contributed by atoms with Gasteiger partial charge in [-0.2, -0.15) is 0 Å². The van der Waals surface area contributed by atoms with Gasteiger partial charge in [-0.15, -0.1) is 0 Å². The Bertz CT molecular complexity index is 810. The summed E-state index contributed by atoms with van der Waals surface area (Å²) in [4.78, 5) is 29.0. The third-order valence-corrected chi connectivity index (χ3v) is 4.72. The minimum Gasteiger partial charge on any atom is -0.451 e. The summed E-state index contributed by atoms with van der Waals surface area (Å²) in [6.07, 6.45) is 2.52. The molecule has 2 heterocycles. The zero-order chi connectivity index (χ0) is 16.4. The maximum absolute atomic E-state index is 12.1. The number of amides is 2. The van der Waals surface area contributed by atoms with E-state index in [1.165, 1.54) is 12.7 Å². The highest BCUT2D eigenvalue weighted by atomic mass is 32.2. The molecular formula is C14H13N3O5S. The van der Waals surface area contributed by atoms with Crippen LogP contribution in [-0.4, -0.2) is 42.4 Å². The molecule has 1 aliphatic heterocycles. The number of nitrogens with one attached hydrogen (secondary N) is 1. The minimum absolute atomic E-state index is 0.0129. The van der Waals surface area contributed by atoms with Gasteiger partial charge in [0.15, 0.2) is 6.39 Å². The molecule has 0 saturated heterocycles. The maximum Gasteiger partial charge on any atom is 0.261 e. The summed E-state index contributed by atoms with van der Waals surface area (Å²) in [5.74, 6) is -1.33. The van der Waals surface area contributed by atoms with Crippen LogP contribution in [0.5, 0.6) is 0 Å². The van der Waals surface area contributed by atoms with Crippen LogP contribution in [0, 0.1) is 0 Å². The molecule has 0 aliphatic carbocycles. The molecule has 1 aromatic heterocycles. The first-order valence-corrected chi connectivity index (χ1v) is 8.43. The van der Waals surface area contributed by atoms with Crippen LogP contribution in [-0.2, 0) is 16.6 Å². The molecule has 3 rings (SSSR count). The van der Waals surface area contributed by atoms with Crippen LogP contribution in [0.1, 0.15) is 26.4 Å². The van der Waals surface area contributed by atoms with E-state index >= 15 is 0 Å². The Kier molecular flexibility index (Phi) is 3.97. The first kappa shape index (κ1) is 15.4. The molecule has 2 amide bonds. The van der Waals surface area contributed by atoms with Gasteiger partial charge in [0.05, 0.1) is 29.1 Å². The Hall–Kier alpha value is -2.52. The van der Waals surface area contributed by atoms with Gasteiger partial charge in [0.2, 0.25) is 10.0 Å². The van der Waals surface area contributed by atoms with Crippen molar-refractivity contribution in [1.82, 2.24) is 14.6 Å². The number of carbonyl (C=O) groups excluding carboxylic acids is 2. The Balaban J connectivity index is 1.62. The number of oxazole rings is 1. The van der Waals surface area contributed by atoms with E-state index in [4.69, 9.17) is 4.42 Å². The number of fused-ring (bicyclic) bond motifs is 1. The lowest BCUT2D eigenvalue weighted by Gasteiger charge is -2.13. The summed E-state index contributed by atoms with van der Waals surface area (Å²) < 4.78 is 31.0. The van der Waals surface area contributed by atoms with Crippen LogP contribution in [0.3, 0.4) is 0 Å². The van der Waals surface area contributed by atoms with E-state index in [0.717, 1.165) is 4.90 Å². The van der Waals surface area contributed by atoms with E-state index < -0.39 is 21.8 Å². The third kappa shape index (κ3) is 3.15. The standard InChI is InChI=1S/C14H13N3O5S/c18-13-11-3-1-2-4-12(11)14(19)17(13)5-6-23(20,21)16-7-10-8-22-9-15-10/h1-4,8-9,16H,5-7H2. The summed E-state index contributed by atoms with van der Waals surface area (Å²) in [6, 6.07) is 6.41. The average Bonchev–Trinajstić information content (AvgIpc) is 3.13. The van der Waals surface area contributed by atoms with Crippen LogP contribution >= 0.6 is 0 Å². The topological polar surface area (TPSA) is 110 Å². The van der Waals surface area contributed by atoms with Gasteiger partial charge in [0, 0.05) is 6.54 Å². The van der Waals surface area contributed by atoms with Crippen molar-refractivity contribution in [3.8, 4) is 0 Å². The quantitative estimate of drug-likeness (QED) is 0.765. The van der Waals surface area contributed by atoms with Gasteiger partial charge in [-0.05, 0) is 12.1 Å². The number of nitrogens with zero attached hydrogens (tertiary/aromatic N) is 2. The highest BCUT2D eigenvalue weighted by Gasteiger charge is 2.35. The lowest BCUT2D eigenvalue weighted by atomic mass is 10.1. The van der Waals surface area contributed by atoms with Gasteiger partial charge < -0.3 is 4.42 Å². The normalized spacial score (nSPS) is 14.3. The fraction of sp³-hybridized carbons (Fsp3) is 0.214. The van der Waals surface area contributed by atoms with Crippen molar-refractivity contribution >= 4 is 21.8 Å². The van der Waals surface area contributed by atoms with E-state index in [1.807, 2.05) is 0 Å². The second-order valence-electron chi connectivity index (χ2n) is 4.93. The predicted molar refractivity (Wildman–Crippen MR) is 78.9 cm³/mol. The van der Waals surface area contributed by atoms with E-state index in [1.54, 1.807) is 24.3 Å². The van der Waals surface area contributed by atoms with E-state index in [0.29, 0.717) is 16.8 Å². The third-order valence-electron chi connectivity index (χ3n) is 3.42. The first-order chi connectivity index (χ1) is 11.0. The summed E-state index contributed by atoms with van der Waals surface area (Å²) in [5.41, 5.74) is 1.03. The molecule has 23 heavy (non-hydrogen) atoms. The maximum atomic E-state index is 12.1. The lowest BCUT2D eigenvalue weighted by molar-refractivity contribution is 0.0664. The highest BCUT2D eigenvalue weighted by Crippen LogP contribution is 2.22. The zero-order valence-electron chi connectivity index (χ0n) is 11.9. The molecule has 8 nitrogen and oxygen atoms in total. The van der Waals surface area contributed by atoms with Crippen LogP contribution in [0.2, 0.25) is 0 Å². The fourth-order valence-electron chi connectivity index (χ4n) is 2.23. The Morgan fingerprint density at radius 2 is 1.78 bits per heavy atom. The van der Waals surface area contributed by atoms with Gasteiger partial charge in [-0.1, -0.05) is 12.1 Å². The van der Waals surface area contributed by atoms with Gasteiger partial charge in [-0.25, -0.2) is 18.1 Å². The van der Waals surface area contributed by atoms with Crippen LogP contribution in [0.15, 0.2) is 41.3 Å². The number of benzene rings is 1. The van der Waals surface area contributed by atoms with Gasteiger partial charge >= 0.3 is 0 Å². The Labute approximate surface area is 132 Å². The van der Waals surface area contributed by atoms with Crippen molar-refractivity contribution in [2.24, 2.45) is 0 Å². The zero-order valence-corrected chi connectivity index (χ0v) is 12.7. The molecule has 0 atom stereocenters. The van der Waals surface area contributed by atoms with E-state index in [2.05, 4.69) is 9.71 Å². The van der Waals surface area contributed by atoms with Gasteiger partial charge in [0.25, 0.3) is 11.8 Å². The van der Waals surface area contributed by atoms with Crippen molar-refractivity contribution in [2.45, 2.75) is 6.54 Å². The van der Waals surface area contributed by atoms with Crippen LogP contribution in [0.25, 0.3) is 0 Å². The number of hydrogen-bond acceptors (Lipinski definition) is 6. The lowest BCUT2D eigenvalue weighted by Crippen LogP contribution is -2.37. The van der Waals surface area contributed by atoms with Gasteiger partial charge in [0.1, 0.15) is 6.26 Å². The molecule has 0 saturated carbocycles. The van der Waals surface area contributed by atoms with Crippen LogP contribution in [0.4, 0.5) is 0 Å². The number of carbonyl (C=O) groups is 2. The summed E-state index contributed by atoms with van der Waals surface area (Å²) in [7, 11) is -3.66. The Morgan fingerprint density at radius 1 is 1.13 bits per heavy atom. The second-order valence-corrected chi connectivity index (χ2v) is 6.85. The molecule has 0 unspecified atom stereocenters. The SMILES string of the molecule is O=C1c2ccccc2C(=O)N1CCS(=O)(=O)NCc1cocn1. The smallest absolute Gasteiger partial charge is 0.261 e. The summed E-state index contributed by atoms with van der Waals surface area (Å²) in [5, 5.41) is 0. The number of rotatable bonds is 6. The van der Waals surface area contributed by atoms with Crippen molar-refractivity contribution in [2.75, 3.05) is 12.3 Å². The predicted octanol–water partition coefficient (Wildman–Crippen LogP) is 0.390. The number of imide groups is 1. The van der Waals surface area contributed by atoms with Crippen molar-refractivity contribution in [3.05, 3.63) is 53.7 Å². The summed E-state index contributed by atoms with van der Waals surface area (Å²) >= 11 is 0. The second kappa shape index (κ2) is 5.94. The minimum atomic E-state index is -3.66. The summed E-state index contributed by atoms with van der Waals surface area (Å²) in [6.45, 7) is -0.221. The van der Waals surface area contributed by atoms with E-state index in [9.17, 15) is 18.0 Å². The molecule has 1 N–H and O–H groups in total. The highest BCUT2D eigenvalue weighted by molar-refractivity contribution is 7.89. The van der Waals surface area contributed by atoms with E-state index in [-0.39, 0.29) is 18.8 Å². The Morgan fingerprint density at radius 3 is 2.35 bits per heavy atom. The number of sulfonamides is 1. The molecule has 2 aromatic rings. The van der Waals surface area contributed by atoms with Crippen LogP contribution < -0.4 is 4.72 Å². The monoisotopic (exact) mass is 335 g/mol. The molecule has 1 aromatic carbocycles. The molecule has 0 bridgehead atoms. The molecule has 0 fully saturated rings. The molecule has 9 heteroatoms. The molecule has 0 spiro atoms. The average molecular weight is 335 g/mol. The van der Waals surface area contributed by atoms with Gasteiger partial charge in [-0.3, -0.25) is 14.5 Å². The van der Waals surface area contributed by atoms with Crippen molar-refractivity contribution in [1.29, 1.82) is 0 Å². The first-order valence-electron chi connectivity index (χ1n) is 6.77. The van der Waals surface area contributed by atoms with Crippen molar-refractivity contribution in [3.63, 3.8) is 0 Å². The molecule has 0 radical (unpaired) electrons. The number of aromatic nitrogens is 1. The number of hydrogen-bond donors (Lipinski definition) is 1. The fourth-order valence-corrected chi connectivity index (χ4v) is 3.17.